The molecule has 0 saturated heterocycles. The first-order chi connectivity index (χ1) is 12.5. The minimum Gasteiger partial charge on any atom is -0.360 e. The lowest BCUT2D eigenvalue weighted by Gasteiger charge is -2.00. The maximum absolute atomic E-state index is 13.3. The van der Waals surface area contributed by atoms with Crippen LogP contribution in [0.15, 0.2) is 42.6 Å². The number of aromatic nitrogens is 3. The average Bonchev–Trinajstić information content (AvgIpc) is 3.16. The summed E-state index contributed by atoms with van der Waals surface area (Å²) < 4.78 is 13.3. The Morgan fingerprint density at radius 1 is 1.12 bits per heavy atom. The fourth-order valence-electron chi connectivity index (χ4n) is 2.92. The van der Waals surface area contributed by atoms with Gasteiger partial charge in [0.1, 0.15) is 17.4 Å². The predicted octanol–water partition coefficient (Wildman–Crippen LogP) is 5.40. The van der Waals surface area contributed by atoms with Crippen molar-refractivity contribution in [3.05, 3.63) is 54.2 Å². The number of carbonyl (C=O) groups excluding carboxylic acids is 1. The number of benzene rings is 2. The zero-order chi connectivity index (χ0) is 18.7. The molecular weight excluding hydrogens is 329 g/mol. The van der Waals surface area contributed by atoms with Gasteiger partial charge >= 0.3 is 0 Å². The van der Waals surface area contributed by atoms with Gasteiger partial charge in [0.25, 0.3) is 0 Å². The SMILES string of the molecule is CC(C)=O.CCCc1nc2ccc(-c3c[nH]c4cc(F)ccc34)cc2[nH]1. The van der Waals surface area contributed by atoms with Gasteiger partial charge < -0.3 is 14.8 Å². The summed E-state index contributed by atoms with van der Waals surface area (Å²) in [5, 5.41) is 1.02. The second kappa shape index (κ2) is 7.52. The summed E-state index contributed by atoms with van der Waals surface area (Å²) in [5.41, 5.74) is 5.00. The molecular formula is C21H22FN3O. The number of H-pyrrole nitrogens is 2. The molecule has 2 N–H and O–H groups in total. The van der Waals surface area contributed by atoms with Crippen LogP contribution in [0.5, 0.6) is 0 Å². The van der Waals surface area contributed by atoms with Crippen LogP contribution in [0.1, 0.15) is 33.0 Å². The molecule has 0 unspecified atom stereocenters. The molecule has 0 bridgehead atoms. The maximum atomic E-state index is 13.3. The second-order valence-electron chi connectivity index (χ2n) is 6.47. The molecule has 26 heavy (non-hydrogen) atoms. The molecule has 0 aliphatic heterocycles. The first-order valence-electron chi connectivity index (χ1n) is 8.70. The van der Waals surface area contributed by atoms with Crippen LogP contribution in [0.25, 0.3) is 33.1 Å². The fourth-order valence-corrected chi connectivity index (χ4v) is 2.92. The number of halogens is 1. The number of aryl methyl sites for hydroxylation is 1. The molecule has 0 radical (unpaired) electrons. The average molecular weight is 351 g/mol. The summed E-state index contributed by atoms with van der Waals surface area (Å²) in [5.74, 6) is 0.963. The zero-order valence-electron chi connectivity index (χ0n) is 15.2. The minimum atomic E-state index is -0.228. The summed E-state index contributed by atoms with van der Waals surface area (Å²) in [6.07, 6.45) is 3.95. The summed E-state index contributed by atoms with van der Waals surface area (Å²) in [4.78, 5) is 20.5. The van der Waals surface area contributed by atoms with Gasteiger partial charge in [0.15, 0.2) is 0 Å². The van der Waals surface area contributed by atoms with Crippen molar-refractivity contribution in [1.82, 2.24) is 15.0 Å². The molecule has 2 aromatic carbocycles. The van der Waals surface area contributed by atoms with Gasteiger partial charge in [-0.25, -0.2) is 9.37 Å². The number of nitrogens with one attached hydrogen (secondary N) is 2. The number of aromatic amines is 2. The standard InChI is InChI=1S/C18H16FN3.C3H6O/c1-2-3-18-21-15-7-4-11(8-17(15)22-18)14-10-20-16-9-12(19)5-6-13(14)16;1-3(2)4/h4-10,20H,2-3H2,1H3,(H,21,22);1-2H3. The highest BCUT2D eigenvalue weighted by atomic mass is 19.1. The fraction of sp³-hybridized carbons (Fsp3) is 0.238. The van der Waals surface area contributed by atoms with Crippen LogP contribution < -0.4 is 0 Å². The van der Waals surface area contributed by atoms with Gasteiger partial charge in [0, 0.05) is 29.1 Å². The zero-order valence-corrected chi connectivity index (χ0v) is 15.2. The van der Waals surface area contributed by atoms with E-state index < -0.39 is 0 Å². The van der Waals surface area contributed by atoms with Crippen molar-refractivity contribution in [1.29, 1.82) is 0 Å². The smallest absolute Gasteiger partial charge is 0.126 e. The monoisotopic (exact) mass is 351 g/mol. The van der Waals surface area contributed by atoms with Crippen LogP contribution in [0.3, 0.4) is 0 Å². The van der Waals surface area contributed by atoms with Crippen molar-refractivity contribution >= 4 is 27.7 Å². The molecule has 0 aliphatic rings. The van der Waals surface area contributed by atoms with Gasteiger partial charge in [-0.1, -0.05) is 13.0 Å². The molecule has 0 amide bonds. The quantitative estimate of drug-likeness (QED) is 0.519. The minimum absolute atomic E-state index is 0.167. The van der Waals surface area contributed by atoms with Crippen molar-refractivity contribution < 1.29 is 9.18 Å². The van der Waals surface area contributed by atoms with Gasteiger partial charge in [0.05, 0.1) is 11.0 Å². The Morgan fingerprint density at radius 2 is 1.88 bits per heavy atom. The van der Waals surface area contributed by atoms with Gasteiger partial charge in [-0.05, 0) is 56.2 Å². The van der Waals surface area contributed by atoms with Crippen molar-refractivity contribution in [2.24, 2.45) is 0 Å². The molecule has 2 heterocycles. The number of hydrogen-bond donors (Lipinski definition) is 2. The molecule has 0 aliphatic carbocycles. The maximum Gasteiger partial charge on any atom is 0.126 e. The molecule has 5 heteroatoms. The first-order valence-corrected chi connectivity index (χ1v) is 8.70. The Labute approximate surface area is 151 Å². The number of hydrogen-bond acceptors (Lipinski definition) is 2. The van der Waals surface area contributed by atoms with Gasteiger partial charge in [-0.15, -0.1) is 0 Å². The molecule has 0 saturated carbocycles. The molecule has 0 atom stereocenters. The van der Waals surface area contributed by atoms with Crippen LogP contribution in [0.2, 0.25) is 0 Å². The Hall–Kier alpha value is -2.95. The number of carbonyl (C=O) groups is 1. The third-order valence-corrected chi connectivity index (χ3v) is 3.97. The van der Waals surface area contributed by atoms with Gasteiger partial charge in [-0.2, -0.15) is 0 Å². The lowest BCUT2D eigenvalue weighted by molar-refractivity contribution is -0.114. The van der Waals surface area contributed by atoms with Gasteiger partial charge in [-0.3, -0.25) is 0 Å². The van der Waals surface area contributed by atoms with Crippen LogP contribution in [-0.2, 0) is 11.2 Å². The number of ketones is 1. The molecule has 0 fully saturated rings. The largest absolute Gasteiger partial charge is 0.360 e. The molecule has 2 aromatic heterocycles. The number of imidazole rings is 1. The Kier molecular flexibility index (Phi) is 5.16. The Morgan fingerprint density at radius 3 is 2.62 bits per heavy atom. The highest BCUT2D eigenvalue weighted by molar-refractivity contribution is 5.97. The van der Waals surface area contributed by atoms with E-state index in [-0.39, 0.29) is 11.6 Å². The normalized spacial score (nSPS) is 10.8. The highest BCUT2D eigenvalue weighted by Crippen LogP contribution is 2.30. The van der Waals surface area contributed by atoms with Crippen molar-refractivity contribution in [3.8, 4) is 11.1 Å². The van der Waals surface area contributed by atoms with Crippen LogP contribution in [-0.4, -0.2) is 20.7 Å². The van der Waals surface area contributed by atoms with E-state index >= 15 is 0 Å². The first kappa shape index (κ1) is 17.9. The number of fused-ring (bicyclic) bond motifs is 2. The third kappa shape index (κ3) is 3.82. The molecule has 0 spiro atoms. The second-order valence-corrected chi connectivity index (χ2v) is 6.47. The summed E-state index contributed by atoms with van der Waals surface area (Å²) in [6, 6.07) is 11.0. The van der Waals surface area contributed by atoms with E-state index in [1.807, 2.05) is 18.3 Å². The topological polar surface area (TPSA) is 61.5 Å². The lowest BCUT2D eigenvalue weighted by atomic mass is 10.0. The highest BCUT2D eigenvalue weighted by Gasteiger charge is 2.09. The van der Waals surface area contributed by atoms with E-state index in [1.165, 1.54) is 26.0 Å². The van der Waals surface area contributed by atoms with Crippen LogP contribution >= 0.6 is 0 Å². The predicted molar refractivity (Wildman–Crippen MR) is 104 cm³/mol. The molecule has 4 nitrogen and oxygen atoms in total. The summed E-state index contributed by atoms with van der Waals surface area (Å²) in [7, 11) is 0. The van der Waals surface area contributed by atoms with Crippen molar-refractivity contribution in [3.63, 3.8) is 0 Å². The Balaban J connectivity index is 0.000000447. The summed E-state index contributed by atoms with van der Waals surface area (Å²) in [6.45, 7) is 5.20. The van der Waals surface area contributed by atoms with E-state index in [0.29, 0.717) is 0 Å². The number of Topliss-reactive ketones (excluding diaryl/α,β-unsaturated/α-hetero) is 1. The molecule has 4 aromatic rings. The van der Waals surface area contributed by atoms with E-state index in [2.05, 4.69) is 34.0 Å². The number of nitrogens with zero attached hydrogens (tertiary/aromatic N) is 1. The van der Waals surface area contributed by atoms with E-state index in [0.717, 1.165) is 51.7 Å². The van der Waals surface area contributed by atoms with E-state index in [9.17, 15) is 9.18 Å². The van der Waals surface area contributed by atoms with Crippen molar-refractivity contribution in [2.75, 3.05) is 0 Å². The van der Waals surface area contributed by atoms with E-state index in [4.69, 9.17) is 0 Å². The van der Waals surface area contributed by atoms with Crippen LogP contribution in [0, 0.1) is 5.82 Å². The molecule has 4 rings (SSSR count). The van der Waals surface area contributed by atoms with Crippen molar-refractivity contribution in [2.45, 2.75) is 33.6 Å². The van der Waals surface area contributed by atoms with E-state index in [1.54, 1.807) is 0 Å². The number of rotatable bonds is 3. The summed E-state index contributed by atoms with van der Waals surface area (Å²) >= 11 is 0. The van der Waals surface area contributed by atoms with Gasteiger partial charge in [0.2, 0.25) is 0 Å². The Bertz CT molecular complexity index is 1060. The third-order valence-electron chi connectivity index (χ3n) is 3.97. The lowest BCUT2D eigenvalue weighted by Crippen LogP contribution is -1.83. The molecule has 134 valence electrons. The van der Waals surface area contributed by atoms with Crippen LogP contribution in [0.4, 0.5) is 4.39 Å².